The maximum Gasteiger partial charge on any atom is 0.306 e. The number of hydrogen-bond donors (Lipinski definition) is 1. The first-order valence-electron chi connectivity index (χ1n) is 7.83. The van der Waals surface area contributed by atoms with Crippen LogP contribution >= 0.6 is 0 Å². The minimum Gasteiger partial charge on any atom is -0.481 e. The zero-order valence-electron chi connectivity index (χ0n) is 12.6. The van der Waals surface area contributed by atoms with Crippen molar-refractivity contribution in [3.8, 4) is 0 Å². The van der Waals surface area contributed by atoms with E-state index in [1.54, 1.807) is 25.3 Å². The van der Waals surface area contributed by atoms with Crippen LogP contribution in [0.3, 0.4) is 0 Å². The predicted octanol–water partition coefficient (Wildman–Crippen LogP) is 4.37. The quantitative estimate of drug-likeness (QED) is 0.916. The Morgan fingerprint density at radius 3 is 2.68 bits per heavy atom. The molecule has 0 aliphatic heterocycles. The molecule has 0 unspecified atom stereocenters. The Morgan fingerprint density at radius 1 is 1.27 bits per heavy atom. The molecule has 1 atom stereocenters. The third kappa shape index (κ3) is 2.82. The van der Waals surface area contributed by atoms with Crippen LogP contribution in [0.25, 0.3) is 10.9 Å². The molecule has 22 heavy (non-hydrogen) atoms. The van der Waals surface area contributed by atoms with E-state index in [2.05, 4.69) is 4.98 Å². The van der Waals surface area contributed by atoms with Crippen LogP contribution in [-0.2, 0) is 4.79 Å². The lowest BCUT2D eigenvalue weighted by molar-refractivity contribution is -0.143. The monoisotopic (exact) mass is 301 g/mol. The van der Waals surface area contributed by atoms with Crippen molar-refractivity contribution in [1.82, 2.24) is 4.98 Å². The summed E-state index contributed by atoms with van der Waals surface area (Å²) in [6.45, 7) is 1.80. The van der Waals surface area contributed by atoms with Crippen molar-refractivity contribution in [2.45, 2.75) is 38.5 Å². The second kappa shape index (κ2) is 6.03. The van der Waals surface area contributed by atoms with Crippen molar-refractivity contribution in [1.29, 1.82) is 0 Å². The summed E-state index contributed by atoms with van der Waals surface area (Å²) in [7, 11) is 0. The van der Waals surface area contributed by atoms with Gasteiger partial charge in [-0.3, -0.25) is 9.78 Å². The molecular weight excluding hydrogens is 281 g/mol. The summed E-state index contributed by atoms with van der Waals surface area (Å²) in [5.74, 6) is -0.620. The lowest BCUT2D eigenvalue weighted by Gasteiger charge is -2.31. The summed E-state index contributed by atoms with van der Waals surface area (Å²) in [4.78, 5) is 15.4. The predicted molar refractivity (Wildman–Crippen MR) is 83.2 cm³/mol. The van der Waals surface area contributed by atoms with Gasteiger partial charge >= 0.3 is 5.97 Å². The standard InChI is InChI=1S/C18H20FNO2/c1-11(18(21)22)12-2-4-13(5-3-12)15-8-9-20-17-7-6-14(19)10-16(15)17/h6-13H,2-5H2,1H3,(H,21,22)/t11-,12-,13-/m1/s1. The molecule has 0 spiro atoms. The number of rotatable bonds is 3. The van der Waals surface area contributed by atoms with E-state index in [1.165, 1.54) is 6.07 Å². The fourth-order valence-corrected chi connectivity index (χ4v) is 3.63. The maximum absolute atomic E-state index is 13.5. The van der Waals surface area contributed by atoms with Crippen molar-refractivity contribution in [3.05, 3.63) is 41.8 Å². The van der Waals surface area contributed by atoms with Gasteiger partial charge in [-0.05, 0) is 67.3 Å². The summed E-state index contributed by atoms with van der Waals surface area (Å²) in [6.07, 6.45) is 5.52. The van der Waals surface area contributed by atoms with Gasteiger partial charge < -0.3 is 5.11 Å². The van der Waals surface area contributed by atoms with Gasteiger partial charge in [0.25, 0.3) is 0 Å². The van der Waals surface area contributed by atoms with E-state index in [1.807, 2.05) is 6.07 Å². The van der Waals surface area contributed by atoms with E-state index in [9.17, 15) is 9.18 Å². The number of aromatic nitrogens is 1. The lowest BCUT2D eigenvalue weighted by Crippen LogP contribution is -2.25. The van der Waals surface area contributed by atoms with Gasteiger partial charge in [0.05, 0.1) is 11.4 Å². The molecule has 4 heteroatoms. The Balaban J connectivity index is 1.82. The molecule has 0 amide bonds. The zero-order valence-corrected chi connectivity index (χ0v) is 12.6. The van der Waals surface area contributed by atoms with Crippen LogP contribution in [-0.4, -0.2) is 16.1 Å². The molecule has 1 aliphatic carbocycles. The summed E-state index contributed by atoms with van der Waals surface area (Å²) in [5, 5.41) is 10.0. The van der Waals surface area contributed by atoms with Crippen LogP contribution < -0.4 is 0 Å². The number of pyridine rings is 1. The molecule has 2 aromatic rings. The number of carbonyl (C=O) groups is 1. The molecule has 0 radical (unpaired) electrons. The van der Waals surface area contributed by atoms with Gasteiger partial charge in [0.2, 0.25) is 0 Å². The van der Waals surface area contributed by atoms with Gasteiger partial charge in [0, 0.05) is 11.6 Å². The van der Waals surface area contributed by atoms with Crippen LogP contribution in [0.15, 0.2) is 30.5 Å². The summed E-state index contributed by atoms with van der Waals surface area (Å²) in [5.41, 5.74) is 1.96. The average Bonchev–Trinajstić information content (AvgIpc) is 2.53. The molecule has 3 nitrogen and oxygen atoms in total. The molecule has 1 aromatic carbocycles. The van der Waals surface area contributed by atoms with Gasteiger partial charge in [-0.1, -0.05) is 6.92 Å². The number of fused-ring (bicyclic) bond motifs is 1. The number of carboxylic acid groups (broad SMARTS) is 1. The van der Waals surface area contributed by atoms with E-state index in [-0.39, 0.29) is 17.7 Å². The highest BCUT2D eigenvalue weighted by atomic mass is 19.1. The first-order chi connectivity index (χ1) is 10.6. The van der Waals surface area contributed by atoms with E-state index in [4.69, 9.17) is 5.11 Å². The van der Waals surface area contributed by atoms with Gasteiger partial charge in [-0.25, -0.2) is 4.39 Å². The number of nitrogens with zero attached hydrogens (tertiary/aromatic N) is 1. The smallest absolute Gasteiger partial charge is 0.306 e. The van der Waals surface area contributed by atoms with E-state index >= 15 is 0 Å². The van der Waals surface area contributed by atoms with Crippen LogP contribution in [0.4, 0.5) is 4.39 Å². The molecule has 116 valence electrons. The molecule has 1 N–H and O–H groups in total. The van der Waals surface area contributed by atoms with Gasteiger partial charge in [-0.2, -0.15) is 0 Å². The van der Waals surface area contributed by atoms with Crippen LogP contribution in [0.5, 0.6) is 0 Å². The van der Waals surface area contributed by atoms with Crippen LogP contribution in [0.1, 0.15) is 44.1 Å². The molecule has 1 saturated carbocycles. The van der Waals surface area contributed by atoms with Crippen molar-refractivity contribution in [3.63, 3.8) is 0 Å². The number of halogens is 1. The molecule has 0 bridgehead atoms. The highest BCUT2D eigenvalue weighted by molar-refractivity contribution is 5.82. The fraction of sp³-hybridized carbons (Fsp3) is 0.444. The Hall–Kier alpha value is -1.97. The third-order valence-electron chi connectivity index (χ3n) is 5.05. The molecule has 3 rings (SSSR count). The summed E-state index contributed by atoms with van der Waals surface area (Å²) in [6, 6.07) is 6.69. The molecular formula is C18H20FNO2. The highest BCUT2D eigenvalue weighted by Crippen LogP contribution is 2.40. The average molecular weight is 301 g/mol. The SMILES string of the molecule is C[C@@H](C(=O)O)[C@H]1CC[C@H](c2ccnc3ccc(F)cc32)CC1. The molecule has 1 aliphatic rings. The van der Waals surface area contributed by atoms with Gasteiger partial charge in [0.1, 0.15) is 5.82 Å². The second-order valence-electron chi connectivity index (χ2n) is 6.30. The van der Waals surface area contributed by atoms with E-state index < -0.39 is 5.97 Å². The molecule has 1 fully saturated rings. The van der Waals surface area contributed by atoms with Crippen molar-refractivity contribution >= 4 is 16.9 Å². The van der Waals surface area contributed by atoms with Crippen molar-refractivity contribution < 1.29 is 14.3 Å². The lowest BCUT2D eigenvalue weighted by atomic mass is 9.74. The molecule has 0 saturated heterocycles. The Labute approximate surface area is 129 Å². The normalized spacial score (nSPS) is 23.4. The van der Waals surface area contributed by atoms with E-state index in [0.717, 1.165) is 42.1 Å². The Morgan fingerprint density at radius 2 is 2.00 bits per heavy atom. The second-order valence-corrected chi connectivity index (χ2v) is 6.30. The number of hydrogen-bond acceptors (Lipinski definition) is 2. The van der Waals surface area contributed by atoms with Crippen LogP contribution in [0.2, 0.25) is 0 Å². The van der Waals surface area contributed by atoms with Crippen molar-refractivity contribution in [2.75, 3.05) is 0 Å². The highest BCUT2D eigenvalue weighted by Gasteiger charge is 2.30. The summed E-state index contributed by atoms with van der Waals surface area (Å²) >= 11 is 0. The van der Waals surface area contributed by atoms with Crippen LogP contribution in [0, 0.1) is 17.7 Å². The first-order valence-corrected chi connectivity index (χ1v) is 7.83. The number of carboxylic acids is 1. The number of aliphatic carboxylic acids is 1. The Kier molecular flexibility index (Phi) is 4.10. The minimum absolute atomic E-state index is 0.241. The molecule has 1 aromatic heterocycles. The van der Waals surface area contributed by atoms with Gasteiger partial charge in [-0.15, -0.1) is 0 Å². The topological polar surface area (TPSA) is 50.2 Å². The zero-order chi connectivity index (χ0) is 15.7. The summed E-state index contributed by atoms with van der Waals surface area (Å²) < 4.78 is 13.5. The first kappa shape index (κ1) is 14.9. The van der Waals surface area contributed by atoms with E-state index in [0.29, 0.717) is 5.92 Å². The largest absolute Gasteiger partial charge is 0.481 e. The van der Waals surface area contributed by atoms with Gasteiger partial charge in [0.15, 0.2) is 0 Å². The number of benzene rings is 1. The maximum atomic E-state index is 13.5. The Bertz CT molecular complexity index is 693. The van der Waals surface area contributed by atoms with Crippen molar-refractivity contribution in [2.24, 2.45) is 11.8 Å². The third-order valence-corrected chi connectivity index (χ3v) is 5.05. The molecule has 1 heterocycles. The minimum atomic E-state index is -0.708. The fourth-order valence-electron chi connectivity index (χ4n) is 3.63.